The summed E-state index contributed by atoms with van der Waals surface area (Å²) < 4.78 is 17.2. The van der Waals surface area contributed by atoms with Crippen LogP contribution in [0.15, 0.2) is 77.2 Å². The monoisotopic (exact) mass is 444 g/mol. The van der Waals surface area contributed by atoms with E-state index in [-0.39, 0.29) is 18.3 Å². The summed E-state index contributed by atoms with van der Waals surface area (Å²) in [6.07, 6.45) is 0. The van der Waals surface area contributed by atoms with Crippen molar-refractivity contribution in [3.63, 3.8) is 0 Å². The van der Waals surface area contributed by atoms with Crippen LogP contribution < -0.4 is 14.8 Å². The van der Waals surface area contributed by atoms with Gasteiger partial charge in [0.15, 0.2) is 5.76 Å². The Morgan fingerprint density at radius 3 is 2.42 bits per heavy atom. The number of methoxy groups -OCH3 is 1. The molecule has 3 aromatic carbocycles. The number of benzene rings is 3. The van der Waals surface area contributed by atoms with E-state index in [1.54, 1.807) is 38.4 Å². The van der Waals surface area contributed by atoms with Gasteiger partial charge in [-0.15, -0.1) is 0 Å². The maximum atomic E-state index is 13.3. The van der Waals surface area contributed by atoms with Gasteiger partial charge in [-0.1, -0.05) is 36.4 Å². The molecule has 0 saturated carbocycles. The first-order valence-corrected chi connectivity index (χ1v) is 10.4. The molecule has 0 aliphatic heterocycles. The van der Waals surface area contributed by atoms with Crippen LogP contribution in [0.5, 0.6) is 11.5 Å². The lowest BCUT2D eigenvalue weighted by Gasteiger charge is -2.14. The highest BCUT2D eigenvalue weighted by Gasteiger charge is 2.23. The first-order chi connectivity index (χ1) is 16.0. The van der Waals surface area contributed by atoms with Crippen LogP contribution in [0.2, 0.25) is 0 Å². The molecule has 0 fully saturated rings. The molecule has 1 N–H and O–H groups in total. The molecule has 33 heavy (non-hydrogen) atoms. The highest BCUT2D eigenvalue weighted by atomic mass is 16.5. The Balaban J connectivity index is 1.67. The topological polar surface area (TPSA) is 81.0 Å². The molecule has 0 atom stereocenters. The number of hydrogen-bond acceptors (Lipinski definition) is 5. The van der Waals surface area contributed by atoms with E-state index in [1.165, 1.54) is 12.0 Å². The van der Waals surface area contributed by atoms with Crippen molar-refractivity contribution in [3.8, 4) is 11.5 Å². The molecule has 4 rings (SSSR count). The summed E-state index contributed by atoms with van der Waals surface area (Å²) in [6.45, 7) is 0.153. The third-order valence-corrected chi connectivity index (χ3v) is 5.13. The molecular weight excluding hydrogens is 420 g/mol. The fourth-order valence-corrected chi connectivity index (χ4v) is 3.47. The summed E-state index contributed by atoms with van der Waals surface area (Å²) in [5.74, 6) is 0.598. The lowest BCUT2D eigenvalue weighted by atomic mass is 10.1. The van der Waals surface area contributed by atoms with Gasteiger partial charge in [-0.3, -0.25) is 9.59 Å². The number of rotatable bonds is 7. The minimum Gasteiger partial charge on any atom is -0.495 e. The van der Waals surface area contributed by atoms with Gasteiger partial charge in [0.25, 0.3) is 11.8 Å². The summed E-state index contributed by atoms with van der Waals surface area (Å²) in [5.41, 5.74) is 2.00. The molecule has 1 heterocycles. The van der Waals surface area contributed by atoms with E-state index < -0.39 is 5.91 Å². The number of amides is 2. The van der Waals surface area contributed by atoms with E-state index in [2.05, 4.69) is 5.32 Å². The number of hydrogen-bond donors (Lipinski definition) is 1. The molecule has 0 aliphatic carbocycles. The second kappa shape index (κ2) is 9.48. The van der Waals surface area contributed by atoms with Crippen molar-refractivity contribution in [2.24, 2.45) is 0 Å². The number of anilines is 1. The zero-order valence-corrected chi connectivity index (χ0v) is 18.6. The minimum atomic E-state index is -0.467. The third kappa shape index (κ3) is 4.67. The van der Waals surface area contributed by atoms with E-state index in [9.17, 15) is 9.59 Å². The maximum Gasteiger partial charge on any atom is 0.291 e. The standard InChI is InChI=1S/C26H24N2O5/c1-28(2)26(30)17-13-14-23(31-3)21(15-17)27-25(29)24-20(16-32-18-9-5-4-6-10-18)19-11-7-8-12-22(19)33-24/h4-15H,16H2,1-3H3,(H,27,29). The van der Waals surface area contributed by atoms with Crippen molar-refractivity contribution in [3.05, 3.63) is 89.7 Å². The second-order valence-corrected chi connectivity index (χ2v) is 7.58. The molecule has 168 valence electrons. The Kier molecular flexibility index (Phi) is 6.31. The first kappa shape index (κ1) is 22.0. The van der Waals surface area contributed by atoms with Crippen LogP contribution in [0.25, 0.3) is 11.0 Å². The Morgan fingerprint density at radius 1 is 0.970 bits per heavy atom. The predicted molar refractivity (Wildman–Crippen MR) is 126 cm³/mol. The first-order valence-electron chi connectivity index (χ1n) is 10.4. The highest BCUT2D eigenvalue weighted by Crippen LogP contribution is 2.30. The lowest BCUT2D eigenvalue weighted by Crippen LogP contribution is -2.22. The van der Waals surface area contributed by atoms with Crippen LogP contribution in [0, 0.1) is 0 Å². The van der Waals surface area contributed by atoms with Crippen LogP contribution in [0.1, 0.15) is 26.5 Å². The number of nitrogens with one attached hydrogen (secondary N) is 1. The number of ether oxygens (including phenoxy) is 2. The number of carbonyl (C=O) groups excluding carboxylic acids is 2. The number of para-hydroxylation sites is 2. The van der Waals surface area contributed by atoms with Gasteiger partial charge in [0.2, 0.25) is 0 Å². The van der Waals surface area contributed by atoms with E-state index in [0.717, 1.165) is 5.39 Å². The molecule has 0 radical (unpaired) electrons. The second-order valence-electron chi connectivity index (χ2n) is 7.58. The normalized spacial score (nSPS) is 10.6. The van der Waals surface area contributed by atoms with E-state index in [4.69, 9.17) is 13.9 Å². The van der Waals surface area contributed by atoms with Crippen molar-refractivity contribution in [2.45, 2.75) is 6.61 Å². The van der Waals surface area contributed by atoms with Crippen LogP contribution in [0.4, 0.5) is 5.69 Å². The van der Waals surface area contributed by atoms with Gasteiger partial charge >= 0.3 is 0 Å². The summed E-state index contributed by atoms with van der Waals surface area (Å²) >= 11 is 0. The Bertz CT molecular complexity index is 1290. The van der Waals surface area contributed by atoms with Crippen molar-refractivity contribution in [1.82, 2.24) is 4.90 Å². The molecule has 7 nitrogen and oxygen atoms in total. The molecule has 0 aliphatic rings. The third-order valence-electron chi connectivity index (χ3n) is 5.13. The molecule has 0 saturated heterocycles. The van der Waals surface area contributed by atoms with E-state index in [0.29, 0.717) is 33.9 Å². The summed E-state index contributed by atoms with van der Waals surface area (Å²) in [6, 6.07) is 21.6. The molecule has 4 aromatic rings. The van der Waals surface area contributed by atoms with E-state index >= 15 is 0 Å². The van der Waals surface area contributed by atoms with Gasteiger partial charge in [-0.2, -0.15) is 0 Å². The number of nitrogens with zero attached hydrogens (tertiary/aromatic N) is 1. The molecule has 7 heteroatoms. The molecule has 1 aromatic heterocycles. The summed E-state index contributed by atoms with van der Waals surface area (Å²) in [7, 11) is 4.83. The molecule has 0 spiro atoms. The van der Waals surface area contributed by atoms with Crippen LogP contribution in [0.3, 0.4) is 0 Å². The predicted octanol–water partition coefficient (Wildman–Crippen LogP) is 4.97. The average Bonchev–Trinajstić information content (AvgIpc) is 3.21. The van der Waals surface area contributed by atoms with Crippen LogP contribution >= 0.6 is 0 Å². The SMILES string of the molecule is COc1ccc(C(=O)N(C)C)cc1NC(=O)c1oc2ccccc2c1COc1ccccc1. The Morgan fingerprint density at radius 2 is 1.70 bits per heavy atom. The molecule has 0 unspecified atom stereocenters. The average molecular weight is 444 g/mol. The van der Waals surface area contributed by atoms with Gasteiger partial charge < -0.3 is 24.1 Å². The van der Waals surface area contributed by atoms with Gasteiger partial charge in [0.05, 0.1) is 12.8 Å². The van der Waals surface area contributed by atoms with Crippen molar-refractivity contribution in [1.29, 1.82) is 0 Å². The van der Waals surface area contributed by atoms with Crippen LogP contribution in [-0.4, -0.2) is 37.9 Å². The molecular formula is C26H24N2O5. The quantitative estimate of drug-likeness (QED) is 0.435. The Hall–Kier alpha value is -4.26. The molecule has 2 amide bonds. The molecule has 0 bridgehead atoms. The minimum absolute atomic E-state index is 0.138. The van der Waals surface area contributed by atoms with Crippen molar-refractivity contribution in [2.75, 3.05) is 26.5 Å². The smallest absolute Gasteiger partial charge is 0.291 e. The highest BCUT2D eigenvalue weighted by molar-refractivity contribution is 6.08. The summed E-state index contributed by atoms with van der Waals surface area (Å²) in [5, 5.41) is 3.62. The van der Waals surface area contributed by atoms with Gasteiger partial charge in [0, 0.05) is 30.6 Å². The number of carbonyl (C=O) groups is 2. The van der Waals surface area contributed by atoms with Crippen molar-refractivity contribution >= 4 is 28.5 Å². The number of fused-ring (bicyclic) bond motifs is 1. The van der Waals surface area contributed by atoms with Gasteiger partial charge in [-0.25, -0.2) is 0 Å². The fourth-order valence-electron chi connectivity index (χ4n) is 3.47. The zero-order chi connectivity index (χ0) is 23.4. The van der Waals surface area contributed by atoms with Crippen molar-refractivity contribution < 1.29 is 23.5 Å². The fraction of sp³-hybridized carbons (Fsp3) is 0.154. The van der Waals surface area contributed by atoms with Gasteiger partial charge in [0.1, 0.15) is 23.7 Å². The summed E-state index contributed by atoms with van der Waals surface area (Å²) in [4.78, 5) is 27.1. The maximum absolute atomic E-state index is 13.3. The van der Waals surface area contributed by atoms with E-state index in [1.807, 2.05) is 48.5 Å². The number of furan rings is 1. The Labute approximate surface area is 191 Å². The van der Waals surface area contributed by atoms with Gasteiger partial charge in [-0.05, 0) is 36.4 Å². The largest absolute Gasteiger partial charge is 0.495 e. The zero-order valence-electron chi connectivity index (χ0n) is 18.6. The van der Waals surface area contributed by atoms with Crippen LogP contribution in [-0.2, 0) is 6.61 Å². The lowest BCUT2D eigenvalue weighted by molar-refractivity contribution is 0.0827.